The van der Waals surface area contributed by atoms with Crippen LogP contribution in [0, 0.1) is 0 Å². The van der Waals surface area contributed by atoms with Crippen molar-refractivity contribution >= 4 is 5.65 Å². The van der Waals surface area contributed by atoms with Crippen LogP contribution in [0.4, 0.5) is 0 Å². The predicted octanol–water partition coefficient (Wildman–Crippen LogP) is 2.21. The molecule has 0 radical (unpaired) electrons. The van der Waals surface area contributed by atoms with E-state index in [4.69, 9.17) is 5.73 Å². The van der Waals surface area contributed by atoms with Crippen LogP contribution in [0.1, 0.15) is 5.69 Å². The van der Waals surface area contributed by atoms with Crippen molar-refractivity contribution in [2.75, 3.05) is 6.54 Å². The second-order valence-electron chi connectivity index (χ2n) is 4.40. The molecule has 19 heavy (non-hydrogen) atoms. The topological polar surface area (TPSA) is 63.5 Å². The smallest absolute Gasteiger partial charge is 0.180 e. The van der Waals surface area contributed by atoms with Gasteiger partial charge < -0.3 is 15.2 Å². The molecule has 0 saturated heterocycles. The molecular formula is C15H15N3O. The van der Waals surface area contributed by atoms with Crippen molar-refractivity contribution in [2.24, 2.45) is 5.73 Å². The summed E-state index contributed by atoms with van der Waals surface area (Å²) in [5.74, 6) is 0.183. The summed E-state index contributed by atoms with van der Waals surface area (Å²) in [7, 11) is 0. The lowest BCUT2D eigenvalue weighted by atomic mass is 10.1. The fourth-order valence-corrected chi connectivity index (χ4v) is 2.31. The van der Waals surface area contributed by atoms with Crippen LogP contribution in [0.3, 0.4) is 0 Å². The number of nitrogens with two attached hydrogens (primary N) is 1. The molecule has 2 aromatic heterocycles. The van der Waals surface area contributed by atoms with Crippen LogP contribution in [0.15, 0.2) is 48.7 Å². The molecule has 0 saturated carbocycles. The number of hydrogen-bond donors (Lipinski definition) is 2. The Kier molecular flexibility index (Phi) is 2.93. The van der Waals surface area contributed by atoms with E-state index in [1.54, 1.807) is 12.1 Å². The number of aromatic nitrogens is 2. The third kappa shape index (κ3) is 1.96. The number of rotatable bonds is 3. The van der Waals surface area contributed by atoms with E-state index in [9.17, 15) is 5.11 Å². The highest BCUT2D eigenvalue weighted by atomic mass is 16.3. The molecule has 0 atom stereocenters. The first kappa shape index (κ1) is 11.7. The maximum absolute atomic E-state index is 9.91. The van der Waals surface area contributed by atoms with E-state index in [0.717, 1.165) is 23.4 Å². The number of nitrogens with zero attached hydrogens (tertiary/aromatic N) is 2. The maximum atomic E-state index is 9.91. The Balaban J connectivity index is 2.29. The fourth-order valence-electron chi connectivity index (χ4n) is 2.31. The normalized spacial score (nSPS) is 11.0. The van der Waals surface area contributed by atoms with Crippen molar-refractivity contribution in [1.82, 2.24) is 9.38 Å². The minimum atomic E-state index is 0.183. The van der Waals surface area contributed by atoms with E-state index in [2.05, 4.69) is 4.98 Å². The van der Waals surface area contributed by atoms with Crippen LogP contribution in [0.2, 0.25) is 0 Å². The van der Waals surface area contributed by atoms with E-state index in [1.165, 1.54) is 0 Å². The van der Waals surface area contributed by atoms with Gasteiger partial charge in [0.15, 0.2) is 11.4 Å². The molecule has 3 N–H and O–H groups in total. The lowest BCUT2D eigenvalue weighted by Gasteiger charge is -2.03. The minimum absolute atomic E-state index is 0.183. The highest BCUT2D eigenvalue weighted by molar-refractivity contribution is 5.69. The van der Waals surface area contributed by atoms with Crippen LogP contribution in [-0.4, -0.2) is 21.0 Å². The van der Waals surface area contributed by atoms with Crippen molar-refractivity contribution in [3.8, 4) is 17.0 Å². The van der Waals surface area contributed by atoms with Crippen molar-refractivity contribution in [2.45, 2.75) is 6.42 Å². The summed E-state index contributed by atoms with van der Waals surface area (Å²) in [5, 5.41) is 9.91. The Morgan fingerprint density at radius 3 is 2.63 bits per heavy atom. The second-order valence-corrected chi connectivity index (χ2v) is 4.40. The van der Waals surface area contributed by atoms with Crippen LogP contribution < -0.4 is 5.73 Å². The van der Waals surface area contributed by atoms with E-state index >= 15 is 0 Å². The number of aromatic hydroxyl groups is 1. The average Bonchev–Trinajstić information content (AvgIpc) is 2.81. The van der Waals surface area contributed by atoms with Gasteiger partial charge in [0.2, 0.25) is 0 Å². The summed E-state index contributed by atoms with van der Waals surface area (Å²) >= 11 is 0. The standard InChI is InChI=1S/C15H15N3O/c16-9-8-12-14(11-5-2-1-3-6-11)17-15-13(19)7-4-10-18(12)15/h1-7,10,19H,8-9,16H2. The largest absolute Gasteiger partial charge is 0.504 e. The Morgan fingerprint density at radius 1 is 1.11 bits per heavy atom. The van der Waals surface area contributed by atoms with Gasteiger partial charge in [-0.15, -0.1) is 0 Å². The Hall–Kier alpha value is -2.33. The Morgan fingerprint density at radius 2 is 1.89 bits per heavy atom. The Bertz CT molecular complexity index is 704. The highest BCUT2D eigenvalue weighted by Crippen LogP contribution is 2.28. The lowest BCUT2D eigenvalue weighted by molar-refractivity contribution is 0.477. The first-order valence-corrected chi connectivity index (χ1v) is 6.25. The minimum Gasteiger partial charge on any atom is -0.504 e. The van der Waals surface area contributed by atoms with Gasteiger partial charge in [0.1, 0.15) is 0 Å². The van der Waals surface area contributed by atoms with Crippen LogP contribution in [0.5, 0.6) is 5.75 Å². The SMILES string of the molecule is NCCc1c(-c2ccccc2)nc2c(O)cccn12. The summed E-state index contributed by atoms with van der Waals surface area (Å²) in [4.78, 5) is 4.56. The van der Waals surface area contributed by atoms with E-state index in [1.807, 2.05) is 40.9 Å². The highest BCUT2D eigenvalue weighted by Gasteiger charge is 2.14. The average molecular weight is 253 g/mol. The monoisotopic (exact) mass is 253 g/mol. The van der Waals surface area contributed by atoms with Crippen molar-refractivity contribution in [3.63, 3.8) is 0 Å². The molecule has 3 aromatic rings. The Labute approximate surface area is 111 Å². The summed E-state index contributed by atoms with van der Waals surface area (Å²) in [6.07, 6.45) is 2.62. The summed E-state index contributed by atoms with van der Waals surface area (Å²) in [6.45, 7) is 0.545. The first-order chi connectivity index (χ1) is 9.31. The molecule has 0 unspecified atom stereocenters. The number of imidazole rings is 1. The van der Waals surface area contributed by atoms with Gasteiger partial charge in [-0.25, -0.2) is 4.98 Å². The van der Waals surface area contributed by atoms with Gasteiger partial charge in [0.25, 0.3) is 0 Å². The molecule has 0 aliphatic heterocycles. The van der Waals surface area contributed by atoms with Crippen molar-refractivity contribution < 1.29 is 5.11 Å². The molecule has 4 nitrogen and oxygen atoms in total. The summed E-state index contributed by atoms with van der Waals surface area (Å²) < 4.78 is 1.91. The molecule has 1 aromatic carbocycles. The zero-order valence-electron chi connectivity index (χ0n) is 10.5. The van der Waals surface area contributed by atoms with Gasteiger partial charge in [-0.05, 0) is 18.7 Å². The molecule has 0 spiro atoms. The number of pyridine rings is 1. The second kappa shape index (κ2) is 4.74. The molecule has 96 valence electrons. The number of fused-ring (bicyclic) bond motifs is 1. The van der Waals surface area contributed by atoms with Crippen LogP contribution >= 0.6 is 0 Å². The van der Waals surface area contributed by atoms with Gasteiger partial charge in [0, 0.05) is 18.2 Å². The predicted molar refractivity (Wildman–Crippen MR) is 75.1 cm³/mol. The zero-order valence-corrected chi connectivity index (χ0v) is 10.5. The van der Waals surface area contributed by atoms with Gasteiger partial charge in [0.05, 0.1) is 11.4 Å². The van der Waals surface area contributed by atoms with Crippen molar-refractivity contribution in [1.29, 1.82) is 0 Å². The molecule has 0 fully saturated rings. The molecule has 0 aliphatic rings. The molecule has 0 amide bonds. The van der Waals surface area contributed by atoms with Crippen LogP contribution in [0.25, 0.3) is 16.9 Å². The van der Waals surface area contributed by atoms with E-state index in [-0.39, 0.29) is 5.75 Å². The summed E-state index contributed by atoms with van der Waals surface area (Å²) in [5.41, 5.74) is 9.21. The van der Waals surface area contributed by atoms with Gasteiger partial charge in [-0.1, -0.05) is 30.3 Å². The summed E-state index contributed by atoms with van der Waals surface area (Å²) in [6, 6.07) is 13.4. The lowest BCUT2D eigenvalue weighted by Crippen LogP contribution is -2.06. The van der Waals surface area contributed by atoms with Gasteiger partial charge in [-0.2, -0.15) is 0 Å². The molecule has 0 bridgehead atoms. The third-order valence-corrected chi connectivity index (χ3v) is 3.16. The zero-order chi connectivity index (χ0) is 13.2. The van der Waals surface area contributed by atoms with Gasteiger partial charge in [-0.3, -0.25) is 0 Å². The number of hydrogen-bond acceptors (Lipinski definition) is 3. The number of benzene rings is 1. The quantitative estimate of drug-likeness (QED) is 0.752. The van der Waals surface area contributed by atoms with E-state index < -0.39 is 0 Å². The molecule has 2 heterocycles. The molecule has 3 rings (SSSR count). The fraction of sp³-hybridized carbons (Fsp3) is 0.133. The van der Waals surface area contributed by atoms with E-state index in [0.29, 0.717) is 12.2 Å². The molecule has 0 aliphatic carbocycles. The third-order valence-electron chi connectivity index (χ3n) is 3.16. The molecular weight excluding hydrogens is 238 g/mol. The maximum Gasteiger partial charge on any atom is 0.180 e. The van der Waals surface area contributed by atoms with Crippen molar-refractivity contribution in [3.05, 3.63) is 54.4 Å². The molecule has 4 heteroatoms. The van der Waals surface area contributed by atoms with Crippen LogP contribution in [-0.2, 0) is 6.42 Å². The first-order valence-electron chi connectivity index (χ1n) is 6.25. The van der Waals surface area contributed by atoms with Gasteiger partial charge >= 0.3 is 0 Å².